The van der Waals surface area contributed by atoms with Gasteiger partial charge in [-0.25, -0.2) is 4.79 Å². The molecule has 0 saturated heterocycles. The van der Waals surface area contributed by atoms with Gasteiger partial charge in [-0.1, -0.05) is 0 Å². The van der Waals surface area contributed by atoms with Gasteiger partial charge in [-0.15, -0.1) is 0 Å². The van der Waals surface area contributed by atoms with Gasteiger partial charge in [0.15, 0.2) is 0 Å². The van der Waals surface area contributed by atoms with E-state index in [4.69, 9.17) is 11.5 Å². The zero-order chi connectivity index (χ0) is 15.4. The summed E-state index contributed by atoms with van der Waals surface area (Å²) in [5, 5.41) is 0. The standard InChI is InChI=1S/C8H11F3N2O4S2/c9-8(10,11)6(16)17-7(2-19,5(13)15)3(1-18)4(12)14/h3,18-19H,1-2H2,(H2,12,14)(H2,13,15)/t3-,7?/m1/s1. The van der Waals surface area contributed by atoms with Crippen LogP contribution in [0.15, 0.2) is 0 Å². The van der Waals surface area contributed by atoms with Gasteiger partial charge in [0.2, 0.25) is 11.5 Å². The molecule has 19 heavy (non-hydrogen) atoms. The van der Waals surface area contributed by atoms with Crippen LogP contribution in [0.3, 0.4) is 0 Å². The molecule has 2 atom stereocenters. The molecule has 0 aliphatic heterocycles. The van der Waals surface area contributed by atoms with Crippen LogP contribution < -0.4 is 11.5 Å². The van der Waals surface area contributed by atoms with Gasteiger partial charge < -0.3 is 16.2 Å². The van der Waals surface area contributed by atoms with E-state index in [1.165, 1.54) is 0 Å². The summed E-state index contributed by atoms with van der Waals surface area (Å²) in [7, 11) is 0. The van der Waals surface area contributed by atoms with Crippen LogP contribution in [0.2, 0.25) is 0 Å². The number of rotatable bonds is 6. The second kappa shape index (κ2) is 6.37. The van der Waals surface area contributed by atoms with E-state index in [1.807, 2.05) is 0 Å². The maximum Gasteiger partial charge on any atom is 0.490 e. The summed E-state index contributed by atoms with van der Waals surface area (Å²) in [6.45, 7) is 0. The monoisotopic (exact) mass is 320 g/mol. The van der Waals surface area contributed by atoms with Gasteiger partial charge in [0.1, 0.15) is 0 Å². The van der Waals surface area contributed by atoms with E-state index in [-0.39, 0.29) is 0 Å². The van der Waals surface area contributed by atoms with E-state index >= 15 is 0 Å². The minimum Gasteiger partial charge on any atom is -0.440 e. The van der Waals surface area contributed by atoms with Crippen molar-refractivity contribution in [2.45, 2.75) is 11.8 Å². The number of primary amides is 2. The average molecular weight is 320 g/mol. The van der Waals surface area contributed by atoms with Gasteiger partial charge in [0.25, 0.3) is 5.91 Å². The van der Waals surface area contributed by atoms with Crippen LogP contribution >= 0.6 is 25.3 Å². The molecule has 0 aliphatic rings. The lowest BCUT2D eigenvalue weighted by Gasteiger charge is -2.33. The molecule has 110 valence electrons. The third-order valence-electron chi connectivity index (χ3n) is 2.25. The normalized spacial score (nSPS) is 16.3. The second-order valence-corrected chi connectivity index (χ2v) is 4.12. The summed E-state index contributed by atoms with van der Waals surface area (Å²) < 4.78 is 40.5. The lowest BCUT2D eigenvalue weighted by molar-refractivity contribution is -0.215. The number of halogens is 3. The molecule has 0 aliphatic carbocycles. The number of thiol groups is 2. The number of ether oxygens (including phenoxy) is 1. The molecule has 0 rings (SSSR count). The Morgan fingerprint density at radius 1 is 1.16 bits per heavy atom. The smallest absolute Gasteiger partial charge is 0.440 e. The summed E-state index contributed by atoms with van der Waals surface area (Å²) in [4.78, 5) is 33.3. The second-order valence-electron chi connectivity index (χ2n) is 3.44. The number of hydrogen-bond acceptors (Lipinski definition) is 6. The van der Waals surface area contributed by atoms with Crippen LogP contribution in [-0.4, -0.2) is 41.1 Å². The molecule has 0 heterocycles. The lowest BCUT2D eigenvalue weighted by atomic mass is 9.88. The van der Waals surface area contributed by atoms with Crippen molar-refractivity contribution in [3.63, 3.8) is 0 Å². The van der Waals surface area contributed by atoms with E-state index in [9.17, 15) is 27.6 Å². The lowest BCUT2D eigenvalue weighted by Crippen LogP contribution is -2.60. The first-order valence-corrected chi connectivity index (χ1v) is 5.90. The van der Waals surface area contributed by atoms with E-state index in [2.05, 4.69) is 30.0 Å². The first-order valence-electron chi connectivity index (χ1n) is 4.64. The Labute approximate surface area is 116 Å². The minimum atomic E-state index is -5.36. The van der Waals surface area contributed by atoms with Crippen LogP contribution in [0.25, 0.3) is 0 Å². The van der Waals surface area contributed by atoms with Crippen molar-refractivity contribution >= 4 is 43.0 Å². The van der Waals surface area contributed by atoms with Gasteiger partial charge in [0, 0.05) is 11.5 Å². The Hall–Kier alpha value is -1.10. The van der Waals surface area contributed by atoms with Crippen LogP contribution in [0.4, 0.5) is 13.2 Å². The number of carbonyl (C=O) groups excluding carboxylic acids is 3. The van der Waals surface area contributed by atoms with E-state index in [1.54, 1.807) is 0 Å². The molecule has 6 nitrogen and oxygen atoms in total. The molecule has 4 N–H and O–H groups in total. The minimum absolute atomic E-state index is 0.454. The topological polar surface area (TPSA) is 112 Å². The number of esters is 1. The molecule has 2 amide bonds. The zero-order valence-corrected chi connectivity index (χ0v) is 11.1. The van der Waals surface area contributed by atoms with Gasteiger partial charge in [0.05, 0.1) is 5.92 Å². The Kier molecular flexibility index (Phi) is 6.00. The third-order valence-corrected chi connectivity index (χ3v) is 3.08. The molecule has 0 radical (unpaired) electrons. The van der Waals surface area contributed by atoms with Crippen molar-refractivity contribution in [2.24, 2.45) is 17.4 Å². The van der Waals surface area contributed by atoms with Gasteiger partial charge in [-0.3, -0.25) is 9.59 Å². The van der Waals surface area contributed by atoms with E-state index in [0.717, 1.165) is 0 Å². The van der Waals surface area contributed by atoms with Crippen molar-refractivity contribution in [2.75, 3.05) is 11.5 Å². The number of hydrogen-bond donors (Lipinski definition) is 4. The van der Waals surface area contributed by atoms with Gasteiger partial charge in [-0.2, -0.15) is 38.4 Å². The Balaban J connectivity index is 5.60. The molecule has 0 bridgehead atoms. The van der Waals surface area contributed by atoms with Gasteiger partial charge >= 0.3 is 12.1 Å². The Morgan fingerprint density at radius 3 is 1.84 bits per heavy atom. The highest BCUT2D eigenvalue weighted by Gasteiger charge is 2.54. The first kappa shape index (κ1) is 17.9. The molecular formula is C8H11F3N2O4S2. The molecule has 0 aromatic carbocycles. The first-order chi connectivity index (χ1) is 8.52. The van der Waals surface area contributed by atoms with Crippen LogP contribution in [0.5, 0.6) is 0 Å². The van der Waals surface area contributed by atoms with Crippen molar-refractivity contribution in [1.29, 1.82) is 0 Å². The van der Waals surface area contributed by atoms with E-state index in [0.29, 0.717) is 0 Å². The van der Waals surface area contributed by atoms with Crippen LogP contribution in [-0.2, 0) is 19.1 Å². The quantitative estimate of drug-likeness (QED) is 0.382. The number of alkyl halides is 3. The zero-order valence-electron chi connectivity index (χ0n) is 9.31. The summed E-state index contributed by atoms with van der Waals surface area (Å²) >= 11 is 7.29. The molecule has 0 aromatic heterocycles. The molecule has 0 spiro atoms. The van der Waals surface area contributed by atoms with Crippen molar-refractivity contribution in [3.05, 3.63) is 0 Å². The van der Waals surface area contributed by atoms with E-state index < -0.39 is 47.0 Å². The average Bonchev–Trinajstić information content (AvgIpc) is 2.25. The van der Waals surface area contributed by atoms with Crippen LogP contribution in [0, 0.1) is 5.92 Å². The third kappa shape index (κ3) is 3.93. The fraction of sp³-hybridized carbons (Fsp3) is 0.625. The molecule has 0 aromatic rings. The number of carbonyl (C=O) groups is 3. The highest BCUT2D eigenvalue weighted by molar-refractivity contribution is 7.80. The Morgan fingerprint density at radius 2 is 1.63 bits per heavy atom. The number of amides is 2. The predicted molar refractivity (Wildman–Crippen MR) is 64.5 cm³/mol. The summed E-state index contributed by atoms with van der Waals surface area (Å²) in [6.07, 6.45) is -5.36. The molecular weight excluding hydrogens is 309 g/mol. The fourth-order valence-corrected chi connectivity index (χ4v) is 2.12. The van der Waals surface area contributed by atoms with Crippen molar-refractivity contribution < 1.29 is 32.3 Å². The summed E-state index contributed by atoms with van der Waals surface area (Å²) in [6, 6.07) is 0. The summed E-state index contributed by atoms with van der Waals surface area (Å²) in [5.74, 6) is -8.19. The largest absolute Gasteiger partial charge is 0.490 e. The summed E-state index contributed by atoms with van der Waals surface area (Å²) in [5.41, 5.74) is 7.24. The predicted octanol–water partition coefficient (Wildman–Crippen LogP) is -0.723. The highest BCUT2D eigenvalue weighted by atomic mass is 32.1. The van der Waals surface area contributed by atoms with Crippen LogP contribution in [0.1, 0.15) is 0 Å². The number of nitrogens with two attached hydrogens (primary N) is 2. The Bertz CT molecular complexity index is 391. The van der Waals surface area contributed by atoms with Crippen molar-refractivity contribution in [3.8, 4) is 0 Å². The van der Waals surface area contributed by atoms with Gasteiger partial charge in [-0.05, 0) is 0 Å². The maximum absolute atomic E-state index is 12.2. The highest BCUT2D eigenvalue weighted by Crippen LogP contribution is 2.29. The maximum atomic E-state index is 12.2. The fourth-order valence-electron chi connectivity index (χ4n) is 1.20. The van der Waals surface area contributed by atoms with Crippen molar-refractivity contribution in [1.82, 2.24) is 0 Å². The molecule has 0 saturated carbocycles. The SMILES string of the molecule is NC(=O)[C@@H](CS)C(CS)(OC(=O)C(F)(F)F)C(N)=O. The molecule has 1 unspecified atom stereocenters. The molecule has 0 fully saturated rings. The molecule has 11 heteroatoms.